The Kier molecular flexibility index (Phi) is 27.8. The van der Waals surface area contributed by atoms with Gasteiger partial charge in [-0.3, -0.25) is 4.55 Å². The van der Waals surface area contributed by atoms with E-state index in [4.69, 9.17) is 8.74 Å². The van der Waals surface area contributed by atoms with E-state index in [1.165, 1.54) is 148 Å². The van der Waals surface area contributed by atoms with Crippen molar-refractivity contribution in [3.05, 3.63) is 0 Å². The number of hydrogen-bond acceptors (Lipinski definition) is 3. The van der Waals surface area contributed by atoms with Crippen LogP contribution in [0.5, 0.6) is 0 Å². The van der Waals surface area contributed by atoms with Crippen LogP contribution in [0.1, 0.15) is 187 Å². The van der Waals surface area contributed by atoms with Gasteiger partial charge in [0.05, 0.1) is 6.61 Å². The Balaban J connectivity index is 3.72. The smallest absolute Gasteiger partial charge is 0.264 e. The van der Waals surface area contributed by atoms with Crippen LogP contribution in [-0.2, 0) is 14.6 Å². The first kappa shape index (κ1) is 35.9. The fourth-order valence-corrected chi connectivity index (χ4v) is 5.58. The minimum absolute atomic E-state index is 0.134. The highest BCUT2D eigenvalue weighted by atomic mass is 32.3. The van der Waals surface area contributed by atoms with Crippen LogP contribution in [0.3, 0.4) is 0 Å². The summed E-state index contributed by atoms with van der Waals surface area (Å²) in [5, 5.41) is 0. The second-order valence-corrected chi connectivity index (χ2v) is 12.4. The van der Waals surface area contributed by atoms with Gasteiger partial charge in [0.1, 0.15) is 0 Å². The van der Waals surface area contributed by atoms with Crippen LogP contribution in [0.25, 0.3) is 0 Å². The molecule has 0 aromatic heterocycles. The zero-order valence-corrected chi connectivity index (χ0v) is 25.3. The zero-order valence-electron chi connectivity index (χ0n) is 24.5. The average Bonchev–Trinajstić information content (AvgIpc) is 2.84. The molecule has 0 saturated carbocycles. The normalized spacial score (nSPS) is 12.9. The molecule has 5 heteroatoms. The first-order valence-electron chi connectivity index (χ1n) is 16.1. The first-order valence-corrected chi connectivity index (χ1v) is 17.5. The lowest BCUT2D eigenvalue weighted by atomic mass is 9.94. The molecular weight excluding hydrogens is 468 g/mol. The maximum absolute atomic E-state index is 11.0. The molecule has 0 rings (SSSR count). The van der Waals surface area contributed by atoms with Crippen molar-refractivity contribution in [2.24, 2.45) is 5.92 Å². The van der Waals surface area contributed by atoms with Crippen LogP contribution < -0.4 is 0 Å². The second kappa shape index (κ2) is 27.9. The third-order valence-corrected chi connectivity index (χ3v) is 8.07. The Morgan fingerprint density at radius 2 is 0.722 bits per heavy atom. The summed E-state index contributed by atoms with van der Waals surface area (Å²) in [7, 11) is -4.33. The van der Waals surface area contributed by atoms with Crippen molar-refractivity contribution in [3.63, 3.8) is 0 Å². The summed E-state index contributed by atoms with van der Waals surface area (Å²) in [5.41, 5.74) is 0. The molecular formula is C31H64O4S. The molecule has 0 amide bonds. The van der Waals surface area contributed by atoms with Crippen LogP contribution >= 0.6 is 0 Å². The highest BCUT2D eigenvalue weighted by Gasteiger charge is 2.13. The molecule has 0 spiro atoms. The average molecular weight is 533 g/mol. The minimum atomic E-state index is -4.33. The second-order valence-electron chi connectivity index (χ2n) is 11.3. The van der Waals surface area contributed by atoms with E-state index < -0.39 is 10.4 Å². The van der Waals surface area contributed by atoms with Gasteiger partial charge in [-0.05, 0) is 18.8 Å². The molecule has 0 aliphatic rings. The van der Waals surface area contributed by atoms with E-state index >= 15 is 0 Å². The Labute approximate surface area is 227 Å². The highest BCUT2D eigenvalue weighted by molar-refractivity contribution is 7.80. The van der Waals surface area contributed by atoms with Crippen molar-refractivity contribution in [3.8, 4) is 0 Å². The minimum Gasteiger partial charge on any atom is -0.264 e. The summed E-state index contributed by atoms with van der Waals surface area (Å²) in [5.74, 6) is 0.239. The lowest BCUT2D eigenvalue weighted by molar-refractivity contribution is 0.204. The molecule has 1 N–H and O–H groups in total. The van der Waals surface area contributed by atoms with E-state index in [2.05, 4.69) is 13.8 Å². The Morgan fingerprint density at radius 1 is 0.472 bits per heavy atom. The van der Waals surface area contributed by atoms with E-state index in [-0.39, 0.29) is 12.5 Å². The van der Waals surface area contributed by atoms with Gasteiger partial charge >= 0.3 is 10.4 Å². The van der Waals surface area contributed by atoms with Crippen molar-refractivity contribution in [2.45, 2.75) is 187 Å². The summed E-state index contributed by atoms with van der Waals surface area (Å²) in [4.78, 5) is 0. The lowest BCUT2D eigenvalue weighted by Gasteiger charge is -2.16. The van der Waals surface area contributed by atoms with Crippen molar-refractivity contribution in [1.29, 1.82) is 0 Å². The van der Waals surface area contributed by atoms with E-state index in [1.807, 2.05) is 0 Å². The number of unbranched alkanes of at least 4 members (excludes halogenated alkanes) is 23. The molecule has 1 atom stereocenters. The largest absolute Gasteiger partial charge is 0.397 e. The first-order chi connectivity index (χ1) is 17.5. The molecule has 1 unspecified atom stereocenters. The highest BCUT2D eigenvalue weighted by Crippen LogP contribution is 2.21. The van der Waals surface area contributed by atoms with E-state index in [9.17, 15) is 8.42 Å². The van der Waals surface area contributed by atoms with Crippen LogP contribution in [0.15, 0.2) is 0 Å². The van der Waals surface area contributed by atoms with Crippen LogP contribution in [0.2, 0.25) is 0 Å². The predicted molar refractivity (Wildman–Crippen MR) is 157 cm³/mol. The molecule has 36 heavy (non-hydrogen) atoms. The van der Waals surface area contributed by atoms with Gasteiger partial charge in [0, 0.05) is 0 Å². The fraction of sp³-hybridized carbons (Fsp3) is 1.00. The van der Waals surface area contributed by atoms with Crippen molar-refractivity contribution < 1.29 is 17.2 Å². The lowest BCUT2D eigenvalue weighted by Crippen LogP contribution is -2.14. The summed E-state index contributed by atoms with van der Waals surface area (Å²) in [6.07, 6.45) is 35.4. The predicted octanol–water partition coefficient (Wildman–Crippen LogP) is 11.0. The zero-order chi connectivity index (χ0) is 26.6. The molecule has 0 saturated heterocycles. The van der Waals surface area contributed by atoms with E-state index in [0.29, 0.717) is 0 Å². The van der Waals surface area contributed by atoms with Crippen LogP contribution in [0, 0.1) is 5.92 Å². The molecule has 0 aliphatic carbocycles. The molecule has 0 aliphatic heterocycles. The van der Waals surface area contributed by atoms with Gasteiger partial charge < -0.3 is 0 Å². The summed E-state index contributed by atoms with van der Waals surface area (Å²) in [6.45, 7) is 4.67. The van der Waals surface area contributed by atoms with Gasteiger partial charge in [-0.15, -0.1) is 0 Å². The van der Waals surface area contributed by atoms with Gasteiger partial charge in [0.15, 0.2) is 0 Å². The van der Waals surface area contributed by atoms with E-state index in [0.717, 1.165) is 25.7 Å². The van der Waals surface area contributed by atoms with Gasteiger partial charge in [0.2, 0.25) is 0 Å². The fourth-order valence-electron chi connectivity index (χ4n) is 5.22. The molecule has 0 heterocycles. The number of hydrogen-bond donors (Lipinski definition) is 1. The SMILES string of the molecule is CCCCCCCCCCCCCCCC(CCCCCCCCCCCCCC)COS(=O)(=O)O. The quantitative estimate of drug-likeness (QED) is 0.0738. The monoisotopic (exact) mass is 532 g/mol. The molecule has 0 fully saturated rings. The van der Waals surface area contributed by atoms with Gasteiger partial charge in [0.25, 0.3) is 0 Å². The van der Waals surface area contributed by atoms with Crippen molar-refractivity contribution in [1.82, 2.24) is 0 Å². The van der Waals surface area contributed by atoms with Gasteiger partial charge in [-0.25, -0.2) is 4.18 Å². The Bertz CT molecular complexity index is 521. The van der Waals surface area contributed by atoms with Crippen molar-refractivity contribution >= 4 is 10.4 Å². The maximum atomic E-state index is 11.0. The summed E-state index contributed by atoms with van der Waals surface area (Å²) >= 11 is 0. The van der Waals surface area contributed by atoms with Crippen LogP contribution in [0.4, 0.5) is 0 Å². The summed E-state index contributed by atoms with van der Waals surface area (Å²) in [6, 6.07) is 0. The topological polar surface area (TPSA) is 63.6 Å². The third-order valence-electron chi connectivity index (χ3n) is 7.63. The molecule has 0 aromatic rings. The van der Waals surface area contributed by atoms with E-state index in [1.54, 1.807) is 0 Å². The molecule has 4 nitrogen and oxygen atoms in total. The maximum Gasteiger partial charge on any atom is 0.397 e. The van der Waals surface area contributed by atoms with Crippen molar-refractivity contribution in [2.75, 3.05) is 6.61 Å². The standard InChI is InChI=1S/C31H64O4S/c1-3-5-7-9-11-13-15-17-19-21-23-25-27-29-31(30-35-36(32,33)34)28-26-24-22-20-18-16-14-12-10-8-6-4-2/h31H,3-30H2,1-2H3,(H,32,33,34). The Hall–Kier alpha value is -0.130. The molecule has 0 aromatic carbocycles. The van der Waals surface area contributed by atoms with Gasteiger partial charge in [-0.1, -0.05) is 174 Å². The Morgan fingerprint density at radius 3 is 0.972 bits per heavy atom. The molecule has 218 valence electrons. The van der Waals surface area contributed by atoms with Crippen LogP contribution in [-0.4, -0.2) is 19.6 Å². The van der Waals surface area contributed by atoms with Gasteiger partial charge in [-0.2, -0.15) is 8.42 Å². The third kappa shape index (κ3) is 30.1. The molecule has 0 radical (unpaired) electrons. The number of rotatable bonds is 30. The summed E-state index contributed by atoms with van der Waals surface area (Å²) < 4.78 is 35.8. The molecule has 0 bridgehead atoms.